The first-order chi connectivity index (χ1) is 9.56. The Hall–Kier alpha value is -1.72. The monoisotopic (exact) mass is 352 g/mol. The summed E-state index contributed by atoms with van der Waals surface area (Å²) in [7, 11) is 0. The molecule has 3 aromatic rings. The second-order valence-corrected chi connectivity index (χ2v) is 5.53. The first-order valence-corrected chi connectivity index (χ1v) is 6.86. The molecule has 0 spiro atoms. The molecule has 0 aliphatic carbocycles. The molecule has 0 saturated heterocycles. The van der Waals surface area contributed by atoms with E-state index in [-0.39, 0.29) is 16.4 Å². The maximum atomic E-state index is 13.4. The maximum absolute atomic E-state index is 13.4. The second kappa shape index (κ2) is 5.00. The molecular formula is C14H7BrClFN2O. The predicted octanol–water partition coefficient (Wildman–Crippen LogP) is 4.35. The van der Waals surface area contributed by atoms with Crippen molar-refractivity contribution in [1.29, 1.82) is 0 Å². The second-order valence-electron chi connectivity index (χ2n) is 4.21. The number of benzene rings is 1. The Labute approximate surface area is 126 Å². The number of H-pyrrole nitrogens is 1. The van der Waals surface area contributed by atoms with Crippen LogP contribution in [0.5, 0.6) is 0 Å². The van der Waals surface area contributed by atoms with Gasteiger partial charge in [0, 0.05) is 33.4 Å². The van der Waals surface area contributed by atoms with E-state index < -0.39 is 5.82 Å². The summed E-state index contributed by atoms with van der Waals surface area (Å²) in [5.41, 5.74) is 1.29. The third-order valence-electron chi connectivity index (χ3n) is 2.92. The fourth-order valence-corrected chi connectivity index (χ4v) is 2.41. The fraction of sp³-hybridized carbons (Fsp3) is 0. The fourth-order valence-electron chi connectivity index (χ4n) is 1.96. The summed E-state index contributed by atoms with van der Waals surface area (Å²) < 4.78 is 14.2. The van der Waals surface area contributed by atoms with Crippen molar-refractivity contribution in [2.75, 3.05) is 0 Å². The minimum absolute atomic E-state index is 0.00936. The molecule has 1 N–H and O–H groups in total. The molecule has 2 aromatic heterocycles. The van der Waals surface area contributed by atoms with Gasteiger partial charge >= 0.3 is 0 Å². The number of hydrogen-bond donors (Lipinski definition) is 1. The summed E-state index contributed by atoms with van der Waals surface area (Å²) in [6, 6.07) is 5.79. The Bertz CT molecular complexity index is 831. The highest BCUT2D eigenvalue weighted by atomic mass is 79.9. The van der Waals surface area contributed by atoms with Gasteiger partial charge in [0.25, 0.3) is 0 Å². The number of aromatic amines is 1. The van der Waals surface area contributed by atoms with Crippen molar-refractivity contribution in [3.63, 3.8) is 0 Å². The molecule has 0 bridgehead atoms. The minimum Gasteiger partial charge on any atom is -0.345 e. The van der Waals surface area contributed by atoms with Crippen LogP contribution >= 0.6 is 27.5 Å². The van der Waals surface area contributed by atoms with E-state index >= 15 is 0 Å². The number of rotatable bonds is 2. The van der Waals surface area contributed by atoms with Crippen LogP contribution in [-0.4, -0.2) is 15.8 Å². The number of aromatic nitrogens is 2. The molecule has 0 radical (unpaired) electrons. The lowest BCUT2D eigenvalue weighted by Gasteiger charge is -2.01. The lowest BCUT2D eigenvalue weighted by atomic mass is 10.0. The number of nitrogens with one attached hydrogen (secondary N) is 1. The highest BCUT2D eigenvalue weighted by Gasteiger charge is 2.16. The topological polar surface area (TPSA) is 45.8 Å². The van der Waals surface area contributed by atoms with E-state index in [2.05, 4.69) is 25.9 Å². The Morgan fingerprint density at radius 3 is 2.90 bits per heavy atom. The molecule has 3 rings (SSSR count). The Morgan fingerprint density at radius 1 is 1.35 bits per heavy atom. The van der Waals surface area contributed by atoms with Gasteiger partial charge in [0.1, 0.15) is 11.5 Å². The number of halogens is 3. The summed E-state index contributed by atoms with van der Waals surface area (Å²) in [6.07, 6.45) is 3.20. The Balaban J connectivity index is 2.12. The molecule has 20 heavy (non-hydrogen) atoms. The standard InChI is InChI=1S/C14H7BrClFN2O/c15-8-4-9-10(6-19-14(9)18-5-8)13(20)7-1-2-11(16)12(17)3-7/h1-6H,(H,18,19). The van der Waals surface area contributed by atoms with Crippen LogP contribution in [0.3, 0.4) is 0 Å². The average molecular weight is 354 g/mol. The normalized spacial score (nSPS) is 10.9. The van der Waals surface area contributed by atoms with Crippen LogP contribution in [0.4, 0.5) is 4.39 Å². The number of fused-ring (bicyclic) bond motifs is 1. The molecule has 6 heteroatoms. The van der Waals surface area contributed by atoms with Crippen molar-refractivity contribution in [2.45, 2.75) is 0 Å². The van der Waals surface area contributed by atoms with Crippen molar-refractivity contribution in [3.05, 3.63) is 63.1 Å². The zero-order valence-corrected chi connectivity index (χ0v) is 12.3. The lowest BCUT2D eigenvalue weighted by Crippen LogP contribution is -2.01. The molecule has 0 saturated carbocycles. The van der Waals surface area contributed by atoms with E-state index in [1.807, 2.05) is 0 Å². The molecule has 3 nitrogen and oxygen atoms in total. The Kier molecular flexibility index (Phi) is 3.31. The molecule has 1 aromatic carbocycles. The van der Waals surface area contributed by atoms with Crippen molar-refractivity contribution in [1.82, 2.24) is 9.97 Å². The first-order valence-electron chi connectivity index (χ1n) is 5.68. The Morgan fingerprint density at radius 2 is 2.15 bits per heavy atom. The van der Waals surface area contributed by atoms with Crippen LogP contribution in [0.1, 0.15) is 15.9 Å². The third kappa shape index (κ3) is 2.23. The molecule has 0 fully saturated rings. The van der Waals surface area contributed by atoms with Gasteiger partial charge in [0.2, 0.25) is 0 Å². The molecule has 100 valence electrons. The summed E-state index contributed by atoms with van der Waals surface area (Å²) in [4.78, 5) is 19.5. The molecule has 0 aliphatic rings. The van der Waals surface area contributed by atoms with Crippen LogP contribution in [0.15, 0.2) is 41.1 Å². The number of hydrogen-bond acceptors (Lipinski definition) is 2. The van der Waals surface area contributed by atoms with Gasteiger partial charge < -0.3 is 4.98 Å². The van der Waals surface area contributed by atoms with E-state index in [9.17, 15) is 9.18 Å². The highest BCUT2D eigenvalue weighted by Crippen LogP contribution is 2.24. The van der Waals surface area contributed by atoms with Crippen LogP contribution in [-0.2, 0) is 0 Å². The van der Waals surface area contributed by atoms with E-state index in [1.54, 1.807) is 18.5 Å². The van der Waals surface area contributed by atoms with Gasteiger partial charge in [-0.2, -0.15) is 0 Å². The van der Waals surface area contributed by atoms with Gasteiger partial charge in [-0.15, -0.1) is 0 Å². The SMILES string of the molecule is O=C(c1ccc(Cl)c(F)c1)c1c[nH]c2ncc(Br)cc12. The van der Waals surface area contributed by atoms with Gasteiger partial charge in [-0.05, 0) is 40.2 Å². The summed E-state index contributed by atoms with van der Waals surface area (Å²) >= 11 is 8.93. The number of pyridine rings is 1. The quantitative estimate of drug-likeness (QED) is 0.696. The summed E-state index contributed by atoms with van der Waals surface area (Å²) in [5, 5.41) is 0.671. The molecule has 0 atom stereocenters. The molecule has 0 amide bonds. The van der Waals surface area contributed by atoms with Gasteiger partial charge in [0.05, 0.1) is 5.02 Å². The number of ketones is 1. The number of nitrogens with zero attached hydrogens (tertiary/aromatic N) is 1. The number of carbonyl (C=O) groups is 1. The van der Waals surface area contributed by atoms with E-state index in [1.165, 1.54) is 12.1 Å². The van der Waals surface area contributed by atoms with Gasteiger partial charge in [0.15, 0.2) is 5.78 Å². The average Bonchev–Trinajstić information content (AvgIpc) is 2.84. The van der Waals surface area contributed by atoms with E-state index in [4.69, 9.17) is 11.6 Å². The highest BCUT2D eigenvalue weighted by molar-refractivity contribution is 9.10. The third-order valence-corrected chi connectivity index (χ3v) is 3.66. The zero-order valence-electron chi connectivity index (χ0n) is 9.95. The molecule has 0 unspecified atom stereocenters. The molecule has 0 aliphatic heterocycles. The predicted molar refractivity (Wildman–Crippen MR) is 78.6 cm³/mol. The zero-order chi connectivity index (χ0) is 14.3. The van der Waals surface area contributed by atoms with Crippen molar-refractivity contribution < 1.29 is 9.18 Å². The van der Waals surface area contributed by atoms with Gasteiger partial charge in [-0.25, -0.2) is 9.37 Å². The van der Waals surface area contributed by atoms with Crippen LogP contribution in [0, 0.1) is 5.82 Å². The van der Waals surface area contributed by atoms with E-state index in [0.717, 1.165) is 10.5 Å². The van der Waals surface area contributed by atoms with Crippen LogP contribution < -0.4 is 0 Å². The maximum Gasteiger partial charge on any atom is 0.195 e. The number of carbonyl (C=O) groups excluding carboxylic acids is 1. The van der Waals surface area contributed by atoms with Crippen LogP contribution in [0.2, 0.25) is 5.02 Å². The smallest absolute Gasteiger partial charge is 0.195 e. The molecular weight excluding hydrogens is 347 g/mol. The largest absolute Gasteiger partial charge is 0.345 e. The van der Waals surface area contributed by atoms with Crippen LogP contribution in [0.25, 0.3) is 11.0 Å². The lowest BCUT2D eigenvalue weighted by molar-refractivity contribution is 0.104. The van der Waals surface area contributed by atoms with Gasteiger partial charge in [-0.3, -0.25) is 4.79 Å². The van der Waals surface area contributed by atoms with Crippen molar-refractivity contribution in [3.8, 4) is 0 Å². The summed E-state index contributed by atoms with van der Waals surface area (Å²) in [5.74, 6) is -0.900. The van der Waals surface area contributed by atoms with Gasteiger partial charge in [-0.1, -0.05) is 11.6 Å². The van der Waals surface area contributed by atoms with Crippen molar-refractivity contribution >= 4 is 44.3 Å². The minimum atomic E-state index is -0.614. The van der Waals surface area contributed by atoms with Crippen molar-refractivity contribution in [2.24, 2.45) is 0 Å². The molecule has 2 heterocycles. The van der Waals surface area contributed by atoms with E-state index in [0.29, 0.717) is 16.6 Å². The summed E-state index contributed by atoms with van der Waals surface area (Å²) in [6.45, 7) is 0. The first kappa shape index (κ1) is 13.3.